The summed E-state index contributed by atoms with van der Waals surface area (Å²) in [7, 11) is 0. The van der Waals surface area contributed by atoms with Gasteiger partial charge < -0.3 is 15.2 Å². The van der Waals surface area contributed by atoms with Gasteiger partial charge in [-0.2, -0.15) is 0 Å². The Kier molecular flexibility index (Phi) is 4.68. The number of nitro benzene ring substituents is 1. The van der Waals surface area contributed by atoms with Gasteiger partial charge in [0.05, 0.1) is 24.2 Å². The van der Waals surface area contributed by atoms with E-state index in [9.17, 15) is 15.2 Å². The van der Waals surface area contributed by atoms with Gasteiger partial charge in [-0.1, -0.05) is 0 Å². The van der Waals surface area contributed by atoms with Crippen molar-refractivity contribution in [3.63, 3.8) is 0 Å². The van der Waals surface area contributed by atoms with Crippen LogP contribution in [0.15, 0.2) is 18.2 Å². The van der Waals surface area contributed by atoms with Gasteiger partial charge in [0.1, 0.15) is 5.75 Å². The Hall–Kier alpha value is -1.37. The molecule has 1 aliphatic heterocycles. The molecule has 94 valence electrons. The molecule has 1 fully saturated rings. The number of benzene rings is 1. The highest BCUT2D eigenvalue weighted by Crippen LogP contribution is 2.29. The number of hydrogen-bond acceptors (Lipinski definition) is 5. The van der Waals surface area contributed by atoms with Crippen molar-refractivity contribution in [2.24, 2.45) is 0 Å². The van der Waals surface area contributed by atoms with Crippen molar-refractivity contribution in [1.82, 2.24) is 5.32 Å². The molecule has 1 aromatic rings. The summed E-state index contributed by atoms with van der Waals surface area (Å²) in [6.07, 6.45) is 0. The van der Waals surface area contributed by atoms with E-state index in [4.69, 9.17) is 4.74 Å². The zero-order chi connectivity index (χ0) is 11.5. The molecule has 0 bridgehead atoms. The summed E-state index contributed by atoms with van der Waals surface area (Å²) >= 11 is 0. The van der Waals surface area contributed by atoms with Crippen molar-refractivity contribution < 1.29 is 14.8 Å². The molecule has 1 aliphatic rings. The van der Waals surface area contributed by atoms with Crippen LogP contribution in [0.2, 0.25) is 0 Å². The van der Waals surface area contributed by atoms with Crippen molar-refractivity contribution in [1.29, 1.82) is 0 Å². The second-order valence-corrected chi connectivity index (χ2v) is 3.58. The van der Waals surface area contributed by atoms with Gasteiger partial charge in [0.15, 0.2) is 0 Å². The number of halogens is 1. The fourth-order valence-electron chi connectivity index (χ4n) is 1.70. The van der Waals surface area contributed by atoms with Gasteiger partial charge in [-0.3, -0.25) is 10.1 Å². The van der Waals surface area contributed by atoms with Crippen LogP contribution in [0.3, 0.4) is 0 Å². The molecule has 0 aromatic heterocycles. The van der Waals surface area contributed by atoms with E-state index in [0.717, 1.165) is 0 Å². The lowest BCUT2D eigenvalue weighted by atomic mass is 10.0. The number of morpholine rings is 1. The number of rotatable bonds is 2. The summed E-state index contributed by atoms with van der Waals surface area (Å²) in [4.78, 5) is 10.1. The van der Waals surface area contributed by atoms with E-state index in [0.29, 0.717) is 25.3 Å². The third-order valence-electron chi connectivity index (χ3n) is 2.52. The van der Waals surface area contributed by atoms with E-state index in [2.05, 4.69) is 5.32 Å². The van der Waals surface area contributed by atoms with Gasteiger partial charge in [-0.05, 0) is 6.07 Å². The minimum absolute atomic E-state index is 0. The summed E-state index contributed by atoms with van der Waals surface area (Å²) in [6, 6.07) is 3.81. The van der Waals surface area contributed by atoms with Gasteiger partial charge in [0, 0.05) is 24.2 Å². The zero-order valence-corrected chi connectivity index (χ0v) is 9.77. The Morgan fingerprint density at radius 1 is 1.53 bits per heavy atom. The standard InChI is InChI=1S/C10H12N2O4.ClH/c13-10-2-1-7(12(14)15)5-8(10)9-6-16-4-3-11-9;/h1-2,5,9,11,13H,3-4,6H2;1H/t9-;/m0./s1. The van der Waals surface area contributed by atoms with Crippen molar-refractivity contribution >= 4 is 18.1 Å². The second kappa shape index (κ2) is 5.81. The quantitative estimate of drug-likeness (QED) is 0.620. The molecule has 2 N–H and O–H groups in total. The molecule has 0 aliphatic carbocycles. The summed E-state index contributed by atoms with van der Waals surface area (Å²) in [5, 5.41) is 23.4. The van der Waals surface area contributed by atoms with Crippen molar-refractivity contribution in [3.05, 3.63) is 33.9 Å². The average molecular weight is 261 g/mol. The molecule has 2 rings (SSSR count). The highest BCUT2D eigenvalue weighted by atomic mass is 35.5. The van der Waals surface area contributed by atoms with Crippen molar-refractivity contribution in [2.45, 2.75) is 6.04 Å². The van der Waals surface area contributed by atoms with E-state index in [1.54, 1.807) is 0 Å². The number of hydrogen-bond donors (Lipinski definition) is 2. The van der Waals surface area contributed by atoms with Crippen LogP contribution in [0.1, 0.15) is 11.6 Å². The molecule has 6 nitrogen and oxygen atoms in total. The number of ether oxygens (including phenoxy) is 1. The van der Waals surface area contributed by atoms with Crippen LogP contribution in [0.5, 0.6) is 5.75 Å². The molecule has 17 heavy (non-hydrogen) atoms. The average Bonchev–Trinajstić information content (AvgIpc) is 2.30. The first-order chi connectivity index (χ1) is 7.68. The van der Waals surface area contributed by atoms with E-state index >= 15 is 0 Å². The Morgan fingerprint density at radius 3 is 2.88 bits per heavy atom. The molecule has 0 amide bonds. The molecule has 1 saturated heterocycles. The summed E-state index contributed by atoms with van der Waals surface area (Å²) in [6.45, 7) is 1.70. The first kappa shape index (κ1) is 13.7. The highest BCUT2D eigenvalue weighted by molar-refractivity contribution is 5.85. The third kappa shape index (κ3) is 3.06. The molecule has 0 unspecified atom stereocenters. The maximum Gasteiger partial charge on any atom is 0.270 e. The molecule has 0 saturated carbocycles. The molecule has 1 aromatic carbocycles. The summed E-state index contributed by atoms with van der Waals surface area (Å²) < 4.78 is 5.25. The van der Waals surface area contributed by atoms with Crippen LogP contribution in [0.25, 0.3) is 0 Å². The minimum Gasteiger partial charge on any atom is -0.508 e. The number of phenols is 1. The highest BCUT2D eigenvalue weighted by Gasteiger charge is 2.21. The Bertz CT molecular complexity index is 407. The van der Waals surface area contributed by atoms with Gasteiger partial charge in [-0.15, -0.1) is 12.4 Å². The molecular weight excluding hydrogens is 248 g/mol. The van der Waals surface area contributed by atoms with E-state index in [1.165, 1.54) is 18.2 Å². The monoisotopic (exact) mass is 260 g/mol. The fourth-order valence-corrected chi connectivity index (χ4v) is 1.70. The normalized spacial score (nSPS) is 19.4. The lowest BCUT2D eigenvalue weighted by Crippen LogP contribution is -2.34. The summed E-state index contributed by atoms with van der Waals surface area (Å²) in [5.74, 6) is 0.0496. The topological polar surface area (TPSA) is 84.6 Å². The number of non-ortho nitro benzene ring substituents is 1. The Labute approximate surface area is 104 Å². The number of phenolic OH excluding ortho intramolecular Hbond substituents is 1. The van der Waals surface area contributed by atoms with Gasteiger partial charge in [0.2, 0.25) is 0 Å². The molecule has 0 spiro atoms. The van der Waals surface area contributed by atoms with Crippen LogP contribution in [-0.2, 0) is 4.74 Å². The maximum absolute atomic E-state index is 10.6. The Balaban J connectivity index is 0.00000144. The van der Waals surface area contributed by atoms with Gasteiger partial charge >= 0.3 is 0 Å². The van der Waals surface area contributed by atoms with Crippen LogP contribution in [-0.4, -0.2) is 29.8 Å². The second-order valence-electron chi connectivity index (χ2n) is 3.58. The smallest absolute Gasteiger partial charge is 0.270 e. The lowest BCUT2D eigenvalue weighted by molar-refractivity contribution is -0.385. The predicted molar refractivity (Wildman–Crippen MR) is 63.6 cm³/mol. The van der Waals surface area contributed by atoms with E-state index in [-0.39, 0.29) is 29.9 Å². The first-order valence-corrected chi connectivity index (χ1v) is 4.97. The third-order valence-corrected chi connectivity index (χ3v) is 2.52. The SMILES string of the molecule is Cl.O=[N+]([O-])c1ccc(O)c([C@@H]2COCCN2)c1. The van der Waals surface area contributed by atoms with Crippen LogP contribution < -0.4 is 5.32 Å². The largest absolute Gasteiger partial charge is 0.508 e. The number of nitro groups is 1. The van der Waals surface area contributed by atoms with E-state index < -0.39 is 4.92 Å². The van der Waals surface area contributed by atoms with Gasteiger partial charge in [0.25, 0.3) is 5.69 Å². The number of nitrogens with zero attached hydrogens (tertiary/aromatic N) is 1. The minimum atomic E-state index is -0.480. The molecule has 0 radical (unpaired) electrons. The van der Waals surface area contributed by atoms with Crippen LogP contribution in [0, 0.1) is 10.1 Å². The molecule has 7 heteroatoms. The number of nitrogens with one attached hydrogen (secondary N) is 1. The van der Waals surface area contributed by atoms with Gasteiger partial charge in [-0.25, -0.2) is 0 Å². The molecule has 1 heterocycles. The van der Waals surface area contributed by atoms with Crippen LogP contribution >= 0.6 is 12.4 Å². The summed E-state index contributed by atoms with van der Waals surface area (Å²) in [5.41, 5.74) is 0.481. The lowest BCUT2D eigenvalue weighted by Gasteiger charge is -2.24. The van der Waals surface area contributed by atoms with Crippen LogP contribution in [0.4, 0.5) is 5.69 Å². The predicted octanol–water partition coefficient (Wildman–Crippen LogP) is 1.38. The fraction of sp³-hybridized carbons (Fsp3) is 0.400. The van der Waals surface area contributed by atoms with Crippen molar-refractivity contribution in [3.8, 4) is 5.75 Å². The molecule has 1 atom stereocenters. The number of aromatic hydroxyl groups is 1. The first-order valence-electron chi connectivity index (χ1n) is 4.97. The van der Waals surface area contributed by atoms with E-state index in [1.807, 2.05) is 0 Å². The Morgan fingerprint density at radius 2 is 2.29 bits per heavy atom. The zero-order valence-electron chi connectivity index (χ0n) is 8.96. The maximum atomic E-state index is 10.6. The molecular formula is C10H13ClN2O4. The van der Waals surface area contributed by atoms with Crippen molar-refractivity contribution in [2.75, 3.05) is 19.8 Å².